The molecule has 1 spiro atoms. The third-order valence-corrected chi connectivity index (χ3v) is 4.69. The zero-order valence-corrected chi connectivity index (χ0v) is 12.3. The minimum absolute atomic E-state index is 0.198. The Kier molecular flexibility index (Phi) is 3.38. The van der Waals surface area contributed by atoms with E-state index >= 15 is 0 Å². The van der Waals surface area contributed by atoms with Gasteiger partial charge in [0.2, 0.25) is 5.91 Å². The lowest BCUT2D eigenvalue weighted by Gasteiger charge is -2.39. The average molecular weight is 270 g/mol. The number of piperidine rings is 1. The van der Waals surface area contributed by atoms with Crippen LogP contribution in [0.3, 0.4) is 0 Å². The number of rotatable bonds is 2. The quantitative estimate of drug-likeness (QED) is 0.822. The smallest absolute Gasteiger partial charge is 0.236 e. The second kappa shape index (κ2) is 5.06. The van der Waals surface area contributed by atoms with Crippen molar-refractivity contribution in [2.75, 3.05) is 33.7 Å². The molecule has 0 unspecified atom stereocenters. The predicted octanol–water partition coefficient (Wildman–Crippen LogP) is 2.14. The van der Waals surface area contributed by atoms with E-state index < -0.39 is 0 Å². The highest BCUT2D eigenvalue weighted by molar-refractivity contribution is 5.77. The van der Waals surface area contributed by atoms with Crippen LogP contribution < -0.4 is 0 Å². The Morgan fingerprint density at radius 1 is 1.25 bits per heavy atom. The van der Waals surface area contributed by atoms with E-state index in [-0.39, 0.29) is 11.3 Å². The summed E-state index contributed by atoms with van der Waals surface area (Å²) in [5.74, 6) is 0.198. The van der Waals surface area contributed by atoms with Crippen molar-refractivity contribution >= 4 is 12.0 Å². The minimum Gasteiger partial charge on any atom is -0.348 e. The third-order valence-electron chi connectivity index (χ3n) is 4.69. The molecule has 20 heavy (non-hydrogen) atoms. The Bertz CT molecular complexity index is 540. The van der Waals surface area contributed by atoms with Crippen molar-refractivity contribution in [1.29, 1.82) is 0 Å². The molecule has 1 saturated heterocycles. The summed E-state index contributed by atoms with van der Waals surface area (Å²) in [5, 5.41) is 0. The maximum atomic E-state index is 11.8. The fourth-order valence-electron chi connectivity index (χ4n) is 3.31. The third kappa shape index (κ3) is 2.27. The summed E-state index contributed by atoms with van der Waals surface area (Å²) < 4.78 is 0. The summed E-state index contributed by atoms with van der Waals surface area (Å²) in [4.78, 5) is 15.7. The largest absolute Gasteiger partial charge is 0.348 e. The number of hydrogen-bond acceptors (Lipinski definition) is 2. The number of amides is 1. The first kappa shape index (κ1) is 13.4. The molecule has 1 aliphatic heterocycles. The van der Waals surface area contributed by atoms with Crippen molar-refractivity contribution in [3.8, 4) is 0 Å². The summed E-state index contributed by atoms with van der Waals surface area (Å²) in [6.07, 6.45) is 6.86. The molecule has 0 bridgehead atoms. The van der Waals surface area contributed by atoms with Crippen LogP contribution in [-0.2, 0) is 10.2 Å². The Balaban J connectivity index is 1.68. The highest BCUT2D eigenvalue weighted by Gasteiger charge is 2.37. The maximum Gasteiger partial charge on any atom is 0.236 e. The fraction of sp³-hybridized carbons (Fsp3) is 0.471. The molecule has 3 heteroatoms. The van der Waals surface area contributed by atoms with E-state index in [4.69, 9.17) is 0 Å². The van der Waals surface area contributed by atoms with Gasteiger partial charge in [0.15, 0.2) is 0 Å². The first-order valence-electron chi connectivity index (χ1n) is 7.32. The van der Waals surface area contributed by atoms with Gasteiger partial charge in [0.05, 0.1) is 6.54 Å². The molecule has 0 radical (unpaired) electrons. The molecule has 2 aliphatic rings. The monoisotopic (exact) mass is 270 g/mol. The van der Waals surface area contributed by atoms with Crippen LogP contribution in [0.15, 0.2) is 30.3 Å². The molecule has 3 rings (SSSR count). The first-order chi connectivity index (χ1) is 9.61. The molecular formula is C17H22N2O. The van der Waals surface area contributed by atoms with Gasteiger partial charge < -0.3 is 4.90 Å². The molecule has 0 aromatic heterocycles. The zero-order chi connectivity index (χ0) is 14.2. The summed E-state index contributed by atoms with van der Waals surface area (Å²) in [6.45, 7) is 2.55. The molecule has 1 heterocycles. The Hall–Kier alpha value is -1.61. The summed E-state index contributed by atoms with van der Waals surface area (Å²) in [5.41, 5.74) is 3.05. The van der Waals surface area contributed by atoms with Crippen molar-refractivity contribution < 1.29 is 4.79 Å². The Morgan fingerprint density at radius 2 is 1.95 bits per heavy atom. The van der Waals surface area contributed by atoms with Crippen molar-refractivity contribution in [3.05, 3.63) is 41.5 Å². The molecule has 0 atom stereocenters. The zero-order valence-electron chi connectivity index (χ0n) is 12.3. The van der Waals surface area contributed by atoms with Crippen LogP contribution in [0.5, 0.6) is 0 Å². The van der Waals surface area contributed by atoms with Gasteiger partial charge in [0.25, 0.3) is 0 Å². The predicted molar refractivity (Wildman–Crippen MR) is 81.5 cm³/mol. The SMILES string of the molecule is CN(C)C(=O)CN1CCC2(C=Cc3ccccc32)CC1. The van der Waals surface area contributed by atoms with E-state index in [1.165, 1.54) is 11.1 Å². The Labute approximate surface area is 120 Å². The number of nitrogens with zero attached hydrogens (tertiary/aromatic N) is 2. The van der Waals surface area contributed by atoms with Gasteiger partial charge in [-0.05, 0) is 37.1 Å². The Morgan fingerprint density at radius 3 is 2.65 bits per heavy atom. The van der Waals surface area contributed by atoms with E-state index in [0.717, 1.165) is 25.9 Å². The molecule has 1 aliphatic carbocycles. The molecule has 1 amide bonds. The maximum absolute atomic E-state index is 11.8. The lowest BCUT2D eigenvalue weighted by Crippen LogP contribution is -2.45. The van der Waals surface area contributed by atoms with Gasteiger partial charge >= 0.3 is 0 Å². The van der Waals surface area contributed by atoms with E-state index in [1.54, 1.807) is 4.90 Å². The lowest BCUT2D eigenvalue weighted by molar-refractivity contribution is -0.130. The number of hydrogen-bond donors (Lipinski definition) is 0. The first-order valence-corrected chi connectivity index (χ1v) is 7.32. The van der Waals surface area contributed by atoms with Crippen LogP contribution >= 0.6 is 0 Å². The number of benzene rings is 1. The van der Waals surface area contributed by atoms with Gasteiger partial charge in [-0.1, -0.05) is 36.4 Å². The summed E-state index contributed by atoms with van der Waals surface area (Å²) in [6, 6.07) is 8.70. The second-order valence-corrected chi connectivity index (χ2v) is 6.14. The lowest BCUT2D eigenvalue weighted by atomic mass is 9.74. The molecule has 3 nitrogen and oxygen atoms in total. The van der Waals surface area contributed by atoms with Crippen LogP contribution in [0, 0.1) is 0 Å². The second-order valence-electron chi connectivity index (χ2n) is 6.14. The molecule has 1 aromatic rings. The number of carbonyl (C=O) groups excluding carboxylic acids is 1. The fourth-order valence-corrected chi connectivity index (χ4v) is 3.31. The van der Waals surface area contributed by atoms with Crippen LogP contribution in [0.1, 0.15) is 24.0 Å². The van der Waals surface area contributed by atoms with Crippen LogP contribution in [0.2, 0.25) is 0 Å². The topological polar surface area (TPSA) is 23.6 Å². The van der Waals surface area contributed by atoms with Crippen LogP contribution in [-0.4, -0.2) is 49.4 Å². The van der Waals surface area contributed by atoms with Gasteiger partial charge in [0.1, 0.15) is 0 Å². The highest BCUT2D eigenvalue weighted by atomic mass is 16.2. The summed E-state index contributed by atoms with van der Waals surface area (Å²) >= 11 is 0. The molecule has 1 aromatic carbocycles. The number of allylic oxidation sites excluding steroid dienone is 1. The van der Waals surface area contributed by atoms with Crippen molar-refractivity contribution in [1.82, 2.24) is 9.80 Å². The standard InChI is InChI=1S/C17H22N2O/c1-18(2)16(20)13-19-11-9-17(10-12-19)8-7-14-5-3-4-6-15(14)17/h3-8H,9-13H2,1-2H3. The van der Waals surface area contributed by atoms with Gasteiger partial charge in [-0.2, -0.15) is 0 Å². The number of likely N-dealkylation sites (N-methyl/N-ethyl adjacent to an activating group) is 1. The van der Waals surface area contributed by atoms with E-state index in [2.05, 4.69) is 41.3 Å². The van der Waals surface area contributed by atoms with Crippen molar-refractivity contribution in [3.63, 3.8) is 0 Å². The van der Waals surface area contributed by atoms with E-state index in [0.29, 0.717) is 6.54 Å². The molecule has 1 fully saturated rings. The normalized spacial score (nSPS) is 20.1. The minimum atomic E-state index is 0.198. The number of carbonyl (C=O) groups is 1. The van der Waals surface area contributed by atoms with Gasteiger partial charge in [0, 0.05) is 19.5 Å². The van der Waals surface area contributed by atoms with Crippen molar-refractivity contribution in [2.45, 2.75) is 18.3 Å². The summed E-state index contributed by atoms with van der Waals surface area (Å²) in [7, 11) is 3.65. The van der Waals surface area contributed by atoms with E-state index in [1.807, 2.05) is 14.1 Å². The highest BCUT2D eigenvalue weighted by Crippen LogP contribution is 2.43. The number of fused-ring (bicyclic) bond motifs is 2. The molecule has 106 valence electrons. The van der Waals surface area contributed by atoms with Crippen LogP contribution in [0.25, 0.3) is 6.08 Å². The van der Waals surface area contributed by atoms with E-state index in [9.17, 15) is 4.79 Å². The molecule has 0 saturated carbocycles. The number of likely N-dealkylation sites (tertiary alicyclic amines) is 1. The molecule has 0 N–H and O–H groups in total. The average Bonchev–Trinajstić information content (AvgIpc) is 2.81. The van der Waals surface area contributed by atoms with Gasteiger partial charge in [-0.15, -0.1) is 0 Å². The van der Waals surface area contributed by atoms with Gasteiger partial charge in [-0.25, -0.2) is 0 Å². The van der Waals surface area contributed by atoms with Crippen molar-refractivity contribution in [2.24, 2.45) is 0 Å². The van der Waals surface area contributed by atoms with Gasteiger partial charge in [-0.3, -0.25) is 9.69 Å². The molecular weight excluding hydrogens is 248 g/mol. The van der Waals surface area contributed by atoms with Crippen LogP contribution in [0.4, 0.5) is 0 Å².